The Morgan fingerprint density at radius 1 is 1.22 bits per heavy atom. The maximum atomic E-state index is 15.9. The van der Waals surface area contributed by atoms with E-state index in [1.54, 1.807) is 19.9 Å². The summed E-state index contributed by atoms with van der Waals surface area (Å²) in [6, 6.07) is 10.8. The third-order valence-electron chi connectivity index (χ3n) is 7.46. The second-order valence-electron chi connectivity index (χ2n) is 10.6. The molecule has 3 atom stereocenters. The normalized spacial score (nSPS) is 22.8. The van der Waals surface area contributed by atoms with E-state index in [4.69, 9.17) is 9.84 Å². The van der Waals surface area contributed by atoms with Crippen LogP contribution in [0.2, 0.25) is 0 Å². The number of fused-ring (bicyclic) bond motifs is 1. The summed E-state index contributed by atoms with van der Waals surface area (Å²) in [5, 5.41) is 8.99. The van der Waals surface area contributed by atoms with Crippen LogP contribution in [0.5, 0.6) is 5.75 Å². The lowest BCUT2D eigenvalue weighted by Gasteiger charge is -2.48. The van der Waals surface area contributed by atoms with Gasteiger partial charge in [0.2, 0.25) is 0 Å². The average Bonchev–Trinajstić information content (AvgIpc) is 3.28. The quantitative estimate of drug-likeness (QED) is 0.421. The van der Waals surface area contributed by atoms with Gasteiger partial charge in [0.15, 0.2) is 0 Å². The van der Waals surface area contributed by atoms with Gasteiger partial charge in [-0.05, 0) is 86.6 Å². The van der Waals surface area contributed by atoms with Crippen molar-refractivity contribution in [3.05, 3.63) is 76.1 Å². The largest absolute Gasteiger partial charge is 0.496 e. The average molecular weight is 496 g/mol. The molecule has 0 bridgehead atoms. The fraction of sp³-hybridized carbons (Fsp3) is 0.433. The van der Waals surface area contributed by atoms with Crippen LogP contribution in [0, 0.1) is 18.7 Å². The van der Waals surface area contributed by atoms with Crippen LogP contribution in [-0.4, -0.2) is 41.3 Å². The molecule has 0 amide bonds. The predicted molar refractivity (Wildman–Crippen MR) is 139 cm³/mol. The number of nitrogens with zero attached hydrogens (tertiary/aromatic N) is 1. The molecule has 2 aromatic rings. The molecule has 4 rings (SSSR count). The number of halogens is 2. The van der Waals surface area contributed by atoms with Crippen LogP contribution in [0.15, 0.2) is 48.0 Å². The fourth-order valence-electron chi connectivity index (χ4n) is 6.18. The van der Waals surface area contributed by atoms with E-state index in [0.717, 1.165) is 42.0 Å². The monoisotopic (exact) mass is 495 g/mol. The maximum Gasteiger partial charge on any atom is 0.328 e. The number of aryl methyl sites for hydroxylation is 1. The Kier molecular flexibility index (Phi) is 7.37. The smallest absolute Gasteiger partial charge is 0.328 e. The van der Waals surface area contributed by atoms with Crippen molar-refractivity contribution >= 4 is 17.6 Å². The van der Waals surface area contributed by atoms with Crippen molar-refractivity contribution in [3.63, 3.8) is 0 Å². The second kappa shape index (κ2) is 10.2. The molecule has 1 saturated carbocycles. The zero-order chi connectivity index (χ0) is 26.2. The third kappa shape index (κ3) is 5.10. The Hall–Kier alpha value is -2.99. The van der Waals surface area contributed by atoms with Crippen LogP contribution < -0.4 is 4.74 Å². The van der Waals surface area contributed by atoms with Gasteiger partial charge in [0, 0.05) is 24.6 Å². The van der Waals surface area contributed by atoms with Gasteiger partial charge in [-0.3, -0.25) is 4.90 Å². The molecule has 1 aliphatic heterocycles. The number of benzene rings is 2. The molecule has 6 heteroatoms. The second-order valence-corrected chi connectivity index (χ2v) is 10.6. The molecule has 2 unspecified atom stereocenters. The summed E-state index contributed by atoms with van der Waals surface area (Å²) in [6.45, 7) is 7.43. The molecule has 0 spiro atoms. The van der Waals surface area contributed by atoms with E-state index in [-0.39, 0.29) is 18.5 Å². The Morgan fingerprint density at radius 2 is 1.94 bits per heavy atom. The van der Waals surface area contributed by atoms with Gasteiger partial charge in [-0.25, -0.2) is 13.6 Å². The van der Waals surface area contributed by atoms with Gasteiger partial charge >= 0.3 is 5.97 Å². The van der Waals surface area contributed by atoms with Crippen LogP contribution in [-0.2, 0) is 4.79 Å². The summed E-state index contributed by atoms with van der Waals surface area (Å²) in [5.74, 6) is -1.04. The molecule has 1 fully saturated rings. The Labute approximate surface area is 212 Å². The highest BCUT2D eigenvalue weighted by Crippen LogP contribution is 2.53. The van der Waals surface area contributed by atoms with Crippen LogP contribution in [0.25, 0.3) is 11.6 Å². The molecule has 0 radical (unpaired) electrons. The van der Waals surface area contributed by atoms with Gasteiger partial charge in [0.1, 0.15) is 17.2 Å². The van der Waals surface area contributed by atoms with E-state index in [0.29, 0.717) is 16.9 Å². The number of alkyl halides is 1. The summed E-state index contributed by atoms with van der Waals surface area (Å²) in [4.78, 5) is 13.1. The Balaban J connectivity index is 1.97. The number of methoxy groups -OCH3 is 1. The highest BCUT2D eigenvalue weighted by molar-refractivity contribution is 5.85. The molecule has 36 heavy (non-hydrogen) atoms. The van der Waals surface area contributed by atoms with Gasteiger partial charge in [0.05, 0.1) is 18.7 Å². The molecular formula is C30H35F2NO3. The molecule has 2 aromatic carbocycles. The van der Waals surface area contributed by atoms with Crippen molar-refractivity contribution in [2.45, 2.75) is 64.7 Å². The van der Waals surface area contributed by atoms with E-state index in [1.807, 2.05) is 19.1 Å². The molecule has 1 aliphatic carbocycles. The first-order valence-corrected chi connectivity index (χ1v) is 12.5. The summed E-state index contributed by atoms with van der Waals surface area (Å²) < 4.78 is 36.8. The Morgan fingerprint density at radius 3 is 2.58 bits per heavy atom. The van der Waals surface area contributed by atoms with E-state index in [2.05, 4.69) is 24.0 Å². The van der Waals surface area contributed by atoms with Crippen molar-refractivity contribution in [2.75, 3.05) is 13.7 Å². The Bertz CT molecular complexity index is 1210. The molecule has 1 heterocycles. The first-order valence-electron chi connectivity index (χ1n) is 12.5. The number of carbonyl (C=O) groups is 1. The van der Waals surface area contributed by atoms with Crippen molar-refractivity contribution < 1.29 is 23.4 Å². The van der Waals surface area contributed by atoms with E-state index in [1.165, 1.54) is 24.8 Å². The van der Waals surface area contributed by atoms with Crippen molar-refractivity contribution in [3.8, 4) is 5.75 Å². The highest BCUT2D eigenvalue weighted by Gasteiger charge is 2.47. The standard InChI is InChI=1S/C30H35F2NO3/c1-18-9-6-7-10-21(18)27-19(2)29(33(17-30(3,4)32)24-12-8-11-22(24)27)28-23(31)15-20(13-14-26(34)35)16-25(28)36-5/h6-7,9-10,13-16,22,24,29H,8,11-12,17H2,1-5H3,(H,34,35)/b14-13+/t22?,24?,29-/m0/s1. The summed E-state index contributed by atoms with van der Waals surface area (Å²) in [7, 11) is 1.48. The van der Waals surface area contributed by atoms with E-state index in [9.17, 15) is 4.79 Å². The number of carboxylic acid groups (broad SMARTS) is 1. The van der Waals surface area contributed by atoms with Crippen molar-refractivity contribution in [2.24, 2.45) is 5.92 Å². The highest BCUT2D eigenvalue weighted by atomic mass is 19.1. The van der Waals surface area contributed by atoms with Crippen LogP contribution in [0.4, 0.5) is 8.78 Å². The predicted octanol–water partition coefficient (Wildman–Crippen LogP) is 6.99. The zero-order valence-corrected chi connectivity index (χ0v) is 21.6. The molecule has 0 aromatic heterocycles. The van der Waals surface area contributed by atoms with Crippen LogP contribution in [0.1, 0.15) is 68.3 Å². The first kappa shape index (κ1) is 26.1. The SMILES string of the molecule is COc1cc(/C=C/C(=O)O)cc(F)c1[C@@H]1C(C)=C(c2ccccc2C)C2CCCC2N1CC(C)(C)F. The number of ether oxygens (including phenoxy) is 1. The van der Waals surface area contributed by atoms with Crippen LogP contribution >= 0.6 is 0 Å². The minimum Gasteiger partial charge on any atom is -0.496 e. The molecule has 2 aliphatic rings. The van der Waals surface area contributed by atoms with Gasteiger partial charge < -0.3 is 9.84 Å². The maximum absolute atomic E-state index is 15.9. The number of hydrogen-bond acceptors (Lipinski definition) is 3. The van der Waals surface area contributed by atoms with Gasteiger partial charge in [0.25, 0.3) is 0 Å². The number of aliphatic carboxylic acids is 1. The number of carboxylic acids is 1. The van der Waals surface area contributed by atoms with Gasteiger partial charge in [-0.1, -0.05) is 30.7 Å². The zero-order valence-electron chi connectivity index (χ0n) is 21.6. The number of hydrogen-bond donors (Lipinski definition) is 1. The fourth-order valence-corrected chi connectivity index (χ4v) is 6.18. The lowest BCUT2D eigenvalue weighted by Crippen LogP contribution is -2.50. The summed E-state index contributed by atoms with van der Waals surface area (Å²) in [5.41, 5.74) is 3.84. The van der Waals surface area contributed by atoms with Crippen LogP contribution in [0.3, 0.4) is 0 Å². The van der Waals surface area contributed by atoms with Crippen molar-refractivity contribution in [1.82, 2.24) is 4.90 Å². The molecule has 4 nitrogen and oxygen atoms in total. The summed E-state index contributed by atoms with van der Waals surface area (Å²) in [6.07, 6.45) is 5.28. The van der Waals surface area contributed by atoms with E-state index >= 15 is 8.78 Å². The lowest BCUT2D eigenvalue weighted by atomic mass is 9.75. The van der Waals surface area contributed by atoms with Crippen molar-refractivity contribution in [1.29, 1.82) is 0 Å². The third-order valence-corrected chi connectivity index (χ3v) is 7.46. The molecule has 1 N–H and O–H groups in total. The van der Waals surface area contributed by atoms with E-state index < -0.39 is 23.5 Å². The molecule has 192 valence electrons. The minimum atomic E-state index is -1.47. The molecular weight excluding hydrogens is 460 g/mol. The lowest BCUT2D eigenvalue weighted by molar-refractivity contribution is -0.131. The summed E-state index contributed by atoms with van der Waals surface area (Å²) >= 11 is 0. The molecule has 0 saturated heterocycles. The van der Waals surface area contributed by atoms with Gasteiger partial charge in [-0.2, -0.15) is 0 Å². The first-order chi connectivity index (χ1) is 17.0. The topological polar surface area (TPSA) is 49.8 Å². The minimum absolute atomic E-state index is 0.0824. The van der Waals surface area contributed by atoms with Gasteiger partial charge in [-0.15, -0.1) is 0 Å². The number of rotatable bonds is 7.